The van der Waals surface area contributed by atoms with Crippen molar-refractivity contribution in [2.24, 2.45) is 7.05 Å². The lowest BCUT2D eigenvalue weighted by Crippen LogP contribution is -2.46. The number of aliphatic hydroxyl groups is 1. The van der Waals surface area contributed by atoms with Crippen LogP contribution < -0.4 is 0 Å². The Morgan fingerprint density at radius 2 is 2.11 bits per heavy atom. The van der Waals surface area contributed by atoms with Gasteiger partial charge in [-0.05, 0) is 30.4 Å². The van der Waals surface area contributed by atoms with Gasteiger partial charge in [-0.2, -0.15) is 0 Å². The molecule has 142 valence electrons. The second kappa shape index (κ2) is 6.78. The van der Waals surface area contributed by atoms with Gasteiger partial charge in [-0.3, -0.25) is 4.90 Å². The van der Waals surface area contributed by atoms with Crippen LogP contribution in [0, 0.1) is 0 Å². The van der Waals surface area contributed by atoms with Gasteiger partial charge in [-0.1, -0.05) is 12.1 Å². The molecule has 2 aliphatic heterocycles. The molecule has 0 aliphatic carbocycles. The van der Waals surface area contributed by atoms with E-state index in [2.05, 4.69) is 62.7 Å². The maximum Gasteiger partial charge on any atom is 0.140 e. The van der Waals surface area contributed by atoms with Crippen molar-refractivity contribution >= 4 is 10.9 Å². The van der Waals surface area contributed by atoms with Gasteiger partial charge in [0.15, 0.2) is 0 Å². The standard InChI is InChI=1S/C21H26N4O2/c1-23-7-4-15-2-3-16(10-20(15)23)21-22-6-8-25(21)17-11-18-14-27-19(5-9-26)13-24(18)12-17/h2-4,6-8,10,17-19,26H,5,9,11-14H2,1H3/t17-,18+,19+/m1/s1. The molecule has 3 atom stereocenters. The van der Waals surface area contributed by atoms with Crippen LogP contribution in [0.25, 0.3) is 22.3 Å². The Kier molecular flexibility index (Phi) is 4.27. The van der Waals surface area contributed by atoms with Gasteiger partial charge >= 0.3 is 0 Å². The first-order valence-corrected chi connectivity index (χ1v) is 9.77. The number of morpholine rings is 1. The predicted octanol–water partition coefficient (Wildman–Crippen LogP) is 2.44. The van der Waals surface area contributed by atoms with E-state index in [-0.39, 0.29) is 12.7 Å². The number of rotatable bonds is 4. The van der Waals surface area contributed by atoms with Gasteiger partial charge in [0.25, 0.3) is 0 Å². The van der Waals surface area contributed by atoms with Gasteiger partial charge in [0.1, 0.15) is 5.82 Å². The average molecular weight is 366 g/mol. The Bertz CT molecular complexity index is 947. The van der Waals surface area contributed by atoms with Gasteiger partial charge in [0.2, 0.25) is 0 Å². The lowest BCUT2D eigenvalue weighted by atomic mass is 10.1. The first-order valence-electron chi connectivity index (χ1n) is 9.77. The van der Waals surface area contributed by atoms with E-state index in [4.69, 9.17) is 4.74 Å². The van der Waals surface area contributed by atoms with Crippen molar-refractivity contribution < 1.29 is 9.84 Å². The molecule has 0 saturated carbocycles. The molecule has 0 bridgehead atoms. The Hall–Kier alpha value is -2.15. The molecule has 0 amide bonds. The molecule has 5 rings (SSSR count). The number of aromatic nitrogens is 3. The molecule has 27 heavy (non-hydrogen) atoms. The van der Waals surface area contributed by atoms with Crippen molar-refractivity contribution in [2.45, 2.75) is 31.0 Å². The Morgan fingerprint density at radius 3 is 3.00 bits per heavy atom. The van der Waals surface area contributed by atoms with Crippen molar-refractivity contribution in [1.29, 1.82) is 0 Å². The summed E-state index contributed by atoms with van der Waals surface area (Å²) in [5.74, 6) is 1.04. The minimum Gasteiger partial charge on any atom is -0.396 e. The summed E-state index contributed by atoms with van der Waals surface area (Å²) in [6, 6.07) is 9.60. The van der Waals surface area contributed by atoms with Crippen LogP contribution in [0.2, 0.25) is 0 Å². The molecule has 2 fully saturated rings. The largest absolute Gasteiger partial charge is 0.396 e. The molecule has 6 heteroatoms. The zero-order chi connectivity index (χ0) is 18.4. The van der Waals surface area contributed by atoms with Crippen LogP contribution >= 0.6 is 0 Å². The second-order valence-corrected chi connectivity index (χ2v) is 7.82. The molecule has 4 heterocycles. The highest BCUT2D eigenvalue weighted by atomic mass is 16.5. The number of aliphatic hydroxyl groups excluding tert-OH is 1. The van der Waals surface area contributed by atoms with Crippen molar-refractivity contribution in [3.63, 3.8) is 0 Å². The summed E-state index contributed by atoms with van der Waals surface area (Å²) in [5.41, 5.74) is 2.39. The van der Waals surface area contributed by atoms with E-state index in [1.807, 2.05) is 6.20 Å². The van der Waals surface area contributed by atoms with Crippen LogP contribution in [0.15, 0.2) is 42.9 Å². The van der Waals surface area contributed by atoms with Crippen LogP contribution in [0.4, 0.5) is 0 Å². The predicted molar refractivity (Wildman–Crippen MR) is 105 cm³/mol. The lowest BCUT2D eigenvalue weighted by molar-refractivity contribution is -0.0567. The average Bonchev–Trinajstić information content (AvgIpc) is 3.39. The second-order valence-electron chi connectivity index (χ2n) is 7.82. The Morgan fingerprint density at radius 1 is 1.19 bits per heavy atom. The highest BCUT2D eigenvalue weighted by Gasteiger charge is 2.38. The number of imidazole rings is 1. The molecule has 6 nitrogen and oxygen atoms in total. The molecule has 0 unspecified atom stereocenters. The number of hydrogen-bond donors (Lipinski definition) is 1. The van der Waals surface area contributed by atoms with Crippen molar-refractivity contribution in [3.8, 4) is 11.4 Å². The highest BCUT2D eigenvalue weighted by molar-refractivity contribution is 5.84. The molecule has 0 spiro atoms. The summed E-state index contributed by atoms with van der Waals surface area (Å²) in [4.78, 5) is 7.21. The van der Waals surface area contributed by atoms with Crippen LogP contribution in [0.3, 0.4) is 0 Å². The van der Waals surface area contributed by atoms with Crippen LogP contribution in [-0.2, 0) is 11.8 Å². The summed E-state index contributed by atoms with van der Waals surface area (Å²) in [5, 5.41) is 10.4. The Balaban J connectivity index is 1.41. The molecular weight excluding hydrogens is 340 g/mol. The number of ether oxygens (including phenoxy) is 1. The normalized spacial score (nSPS) is 25.9. The van der Waals surface area contributed by atoms with E-state index in [0.29, 0.717) is 12.1 Å². The van der Waals surface area contributed by atoms with E-state index in [1.54, 1.807) is 0 Å². The summed E-state index contributed by atoms with van der Waals surface area (Å²) in [7, 11) is 2.08. The highest BCUT2D eigenvalue weighted by Crippen LogP contribution is 2.34. The molecule has 0 radical (unpaired) electrons. The van der Waals surface area contributed by atoms with E-state index in [0.717, 1.165) is 43.9 Å². The number of fused-ring (bicyclic) bond motifs is 2. The lowest BCUT2D eigenvalue weighted by Gasteiger charge is -2.34. The third kappa shape index (κ3) is 2.98. The van der Waals surface area contributed by atoms with Crippen LogP contribution in [0.1, 0.15) is 18.9 Å². The van der Waals surface area contributed by atoms with E-state index >= 15 is 0 Å². The Labute approximate surface area is 159 Å². The third-order valence-corrected chi connectivity index (χ3v) is 6.13. The third-order valence-electron chi connectivity index (χ3n) is 6.13. The van der Waals surface area contributed by atoms with Crippen LogP contribution in [-0.4, -0.2) is 62.6 Å². The monoisotopic (exact) mass is 366 g/mol. The fraction of sp³-hybridized carbons (Fsp3) is 0.476. The topological polar surface area (TPSA) is 55.5 Å². The molecule has 1 N–H and O–H groups in total. The fourth-order valence-electron chi connectivity index (χ4n) is 4.67. The van der Waals surface area contributed by atoms with Crippen molar-refractivity contribution in [2.75, 3.05) is 26.3 Å². The minimum absolute atomic E-state index is 0.159. The summed E-state index contributed by atoms with van der Waals surface area (Å²) >= 11 is 0. The number of nitrogens with zero attached hydrogens (tertiary/aromatic N) is 4. The maximum absolute atomic E-state index is 9.19. The van der Waals surface area contributed by atoms with Gasteiger partial charge in [-0.25, -0.2) is 4.98 Å². The first kappa shape index (κ1) is 17.0. The number of hydrogen-bond acceptors (Lipinski definition) is 4. The number of benzene rings is 1. The smallest absolute Gasteiger partial charge is 0.140 e. The first-order chi connectivity index (χ1) is 13.2. The van der Waals surface area contributed by atoms with Gasteiger partial charge in [-0.15, -0.1) is 0 Å². The minimum atomic E-state index is 0.159. The zero-order valence-electron chi connectivity index (χ0n) is 15.7. The maximum atomic E-state index is 9.19. The summed E-state index contributed by atoms with van der Waals surface area (Å²) in [6.45, 7) is 2.90. The van der Waals surface area contributed by atoms with E-state index < -0.39 is 0 Å². The van der Waals surface area contributed by atoms with Gasteiger partial charge < -0.3 is 19.0 Å². The van der Waals surface area contributed by atoms with Crippen LogP contribution in [0.5, 0.6) is 0 Å². The molecule has 3 aromatic rings. The summed E-state index contributed by atoms with van der Waals surface area (Å²) in [6.07, 6.45) is 8.08. The van der Waals surface area contributed by atoms with Gasteiger partial charge in [0, 0.05) is 68.5 Å². The zero-order valence-corrected chi connectivity index (χ0v) is 15.7. The van der Waals surface area contributed by atoms with E-state index in [1.165, 1.54) is 10.9 Å². The molecule has 2 aliphatic rings. The van der Waals surface area contributed by atoms with E-state index in [9.17, 15) is 5.11 Å². The molecule has 1 aromatic carbocycles. The van der Waals surface area contributed by atoms with Crippen molar-refractivity contribution in [3.05, 3.63) is 42.9 Å². The quantitative estimate of drug-likeness (QED) is 0.771. The SMILES string of the molecule is Cn1ccc2ccc(-c3nccn3[C@@H]3C[C@H]4CO[C@@H](CCO)CN4C3)cc21. The molecule has 2 aromatic heterocycles. The summed E-state index contributed by atoms with van der Waals surface area (Å²) < 4.78 is 10.4. The van der Waals surface area contributed by atoms with Gasteiger partial charge in [0.05, 0.1) is 12.7 Å². The number of aryl methyl sites for hydroxylation is 1. The van der Waals surface area contributed by atoms with Crippen molar-refractivity contribution in [1.82, 2.24) is 19.0 Å². The fourth-order valence-corrected chi connectivity index (χ4v) is 4.67. The molecule has 2 saturated heterocycles. The molecular formula is C21H26N4O2.